The van der Waals surface area contributed by atoms with Crippen molar-refractivity contribution < 1.29 is 17.7 Å². The first-order valence-electron chi connectivity index (χ1n) is 12.3. The summed E-state index contributed by atoms with van der Waals surface area (Å²) in [5, 5.41) is 4.09. The Morgan fingerprint density at radius 3 is 2.65 bits per heavy atom. The Morgan fingerprint density at radius 1 is 1.14 bits per heavy atom. The Hall–Kier alpha value is -3.57. The van der Waals surface area contributed by atoms with E-state index < -0.39 is 10.0 Å². The van der Waals surface area contributed by atoms with Crippen LogP contribution in [-0.2, 0) is 14.8 Å². The van der Waals surface area contributed by atoms with Crippen LogP contribution in [0, 0.1) is 13.8 Å². The molecule has 1 amide bonds. The van der Waals surface area contributed by atoms with Crippen LogP contribution in [0.2, 0.25) is 0 Å². The van der Waals surface area contributed by atoms with Gasteiger partial charge in [-0.3, -0.25) is 9.78 Å². The summed E-state index contributed by atoms with van der Waals surface area (Å²) >= 11 is 0. The highest BCUT2D eigenvalue weighted by atomic mass is 32.2. The van der Waals surface area contributed by atoms with E-state index in [1.807, 2.05) is 44.2 Å². The van der Waals surface area contributed by atoms with Crippen LogP contribution in [0.25, 0.3) is 22.2 Å². The van der Waals surface area contributed by atoms with Gasteiger partial charge in [-0.1, -0.05) is 11.2 Å². The zero-order valence-electron chi connectivity index (χ0n) is 21.0. The topological polar surface area (TPSA) is 114 Å². The molecule has 2 fully saturated rings. The number of imidazole rings is 1. The molecule has 2 atom stereocenters. The fraction of sp³-hybridized carbons (Fsp3) is 0.385. The second-order valence-corrected chi connectivity index (χ2v) is 11.8. The maximum atomic E-state index is 13.0. The molecule has 0 radical (unpaired) electrons. The van der Waals surface area contributed by atoms with E-state index in [1.165, 1.54) is 10.6 Å². The highest BCUT2D eigenvalue weighted by Gasteiger charge is 2.39. The molecule has 192 valence electrons. The SMILES string of the molecule is Cc1noc(C)c1-c1ccc2c(c1)nc(C1CCC(=O)N1c1cccnc1)n2C1CCN(S(C)(=O)=O)C1. The quantitative estimate of drug-likeness (QED) is 0.393. The molecule has 2 aliphatic heterocycles. The minimum Gasteiger partial charge on any atom is -0.361 e. The highest BCUT2D eigenvalue weighted by Crippen LogP contribution is 2.41. The Labute approximate surface area is 214 Å². The average molecular weight is 521 g/mol. The predicted molar refractivity (Wildman–Crippen MR) is 138 cm³/mol. The van der Waals surface area contributed by atoms with Crippen molar-refractivity contribution >= 4 is 32.7 Å². The van der Waals surface area contributed by atoms with Crippen molar-refractivity contribution in [1.29, 1.82) is 0 Å². The second-order valence-electron chi connectivity index (χ2n) is 9.84. The molecule has 37 heavy (non-hydrogen) atoms. The molecule has 3 aromatic heterocycles. The van der Waals surface area contributed by atoms with Crippen LogP contribution >= 0.6 is 0 Å². The Kier molecular flexibility index (Phi) is 5.64. The van der Waals surface area contributed by atoms with Gasteiger partial charge in [0.2, 0.25) is 15.9 Å². The molecule has 2 aliphatic rings. The number of aromatic nitrogens is 4. The van der Waals surface area contributed by atoms with Crippen molar-refractivity contribution in [3.05, 3.63) is 60.0 Å². The summed E-state index contributed by atoms with van der Waals surface area (Å²) in [6.45, 7) is 4.62. The molecular formula is C26H28N6O4S. The zero-order valence-corrected chi connectivity index (χ0v) is 21.8. The molecule has 2 saturated heterocycles. The van der Waals surface area contributed by atoms with Crippen LogP contribution in [0.5, 0.6) is 0 Å². The third-order valence-electron chi connectivity index (χ3n) is 7.43. The molecule has 0 spiro atoms. The first-order valence-corrected chi connectivity index (χ1v) is 14.2. The minimum absolute atomic E-state index is 0.0252. The van der Waals surface area contributed by atoms with Gasteiger partial charge in [0.05, 0.1) is 47.0 Å². The summed E-state index contributed by atoms with van der Waals surface area (Å²) in [6, 6.07) is 9.41. The van der Waals surface area contributed by atoms with E-state index in [1.54, 1.807) is 17.3 Å². The molecule has 4 aromatic rings. The summed E-state index contributed by atoms with van der Waals surface area (Å²) in [7, 11) is -3.31. The van der Waals surface area contributed by atoms with Gasteiger partial charge >= 0.3 is 0 Å². The molecule has 0 bridgehead atoms. The molecule has 1 aromatic carbocycles. The first kappa shape index (κ1) is 23.8. The van der Waals surface area contributed by atoms with E-state index >= 15 is 0 Å². The lowest BCUT2D eigenvalue weighted by Crippen LogP contribution is -2.31. The van der Waals surface area contributed by atoms with Gasteiger partial charge in [0, 0.05) is 31.3 Å². The Bertz CT molecular complexity index is 1590. The standard InChI is InChI=1S/C26H28N6O4S/c1-16-25(17(2)36-29-16)18-6-7-22-21(13-18)28-26(32(22)20-10-12-30(15-20)37(3,34)35)23-8-9-24(33)31(23)19-5-4-11-27-14-19/h4-7,11,13-14,20,23H,8-10,12,15H2,1-3H3. The minimum atomic E-state index is -3.31. The van der Waals surface area contributed by atoms with Gasteiger partial charge in [0.15, 0.2) is 0 Å². The van der Waals surface area contributed by atoms with Crippen LogP contribution in [0.15, 0.2) is 47.2 Å². The normalized spacial score (nSPS) is 20.9. The largest absolute Gasteiger partial charge is 0.361 e. The van der Waals surface area contributed by atoms with Crippen LogP contribution in [0.3, 0.4) is 0 Å². The van der Waals surface area contributed by atoms with Crippen LogP contribution in [0.1, 0.15) is 48.6 Å². The fourth-order valence-corrected chi connectivity index (χ4v) is 6.64. The highest BCUT2D eigenvalue weighted by molar-refractivity contribution is 7.88. The van der Waals surface area contributed by atoms with Gasteiger partial charge in [-0.15, -0.1) is 0 Å². The smallest absolute Gasteiger partial charge is 0.227 e. The van der Waals surface area contributed by atoms with Gasteiger partial charge < -0.3 is 14.0 Å². The summed E-state index contributed by atoms with van der Waals surface area (Å²) in [5.41, 5.74) is 5.13. The summed E-state index contributed by atoms with van der Waals surface area (Å²) < 4.78 is 33.7. The number of anilines is 1. The van der Waals surface area contributed by atoms with E-state index in [4.69, 9.17) is 9.51 Å². The summed E-state index contributed by atoms with van der Waals surface area (Å²) in [4.78, 5) is 24.1. The Morgan fingerprint density at radius 2 is 1.97 bits per heavy atom. The van der Waals surface area contributed by atoms with Gasteiger partial charge in [0.25, 0.3) is 0 Å². The third kappa shape index (κ3) is 4.02. The molecule has 0 aliphatic carbocycles. The number of carbonyl (C=O) groups is 1. The predicted octanol–water partition coefficient (Wildman–Crippen LogP) is 3.78. The number of pyridine rings is 1. The van der Waals surface area contributed by atoms with E-state index in [-0.39, 0.29) is 18.0 Å². The van der Waals surface area contributed by atoms with Gasteiger partial charge in [-0.25, -0.2) is 17.7 Å². The molecule has 0 saturated carbocycles. The van der Waals surface area contributed by atoms with Crippen LogP contribution in [-0.4, -0.2) is 57.7 Å². The lowest BCUT2D eigenvalue weighted by atomic mass is 10.0. The van der Waals surface area contributed by atoms with Crippen molar-refractivity contribution in [2.24, 2.45) is 0 Å². The maximum Gasteiger partial charge on any atom is 0.227 e. The van der Waals surface area contributed by atoms with Crippen LogP contribution in [0.4, 0.5) is 5.69 Å². The first-order chi connectivity index (χ1) is 17.7. The fourth-order valence-electron chi connectivity index (χ4n) is 5.76. The number of hydrogen-bond donors (Lipinski definition) is 0. The number of fused-ring (bicyclic) bond motifs is 1. The number of benzene rings is 1. The van der Waals surface area contributed by atoms with Gasteiger partial charge in [-0.2, -0.15) is 0 Å². The number of carbonyl (C=O) groups excluding carboxylic acids is 1. The molecule has 0 N–H and O–H groups in total. The second kappa shape index (κ2) is 8.77. The molecule has 10 nitrogen and oxygen atoms in total. The lowest BCUT2D eigenvalue weighted by molar-refractivity contribution is -0.117. The molecule has 5 heterocycles. The van der Waals surface area contributed by atoms with Crippen molar-refractivity contribution in [3.8, 4) is 11.1 Å². The van der Waals surface area contributed by atoms with E-state index in [0.717, 1.165) is 45.1 Å². The number of sulfonamides is 1. The molecule has 6 rings (SSSR count). The van der Waals surface area contributed by atoms with Crippen molar-refractivity contribution in [1.82, 2.24) is 24.0 Å². The van der Waals surface area contributed by atoms with Crippen molar-refractivity contribution in [3.63, 3.8) is 0 Å². The zero-order chi connectivity index (χ0) is 25.9. The van der Waals surface area contributed by atoms with E-state index in [0.29, 0.717) is 32.4 Å². The molecule has 11 heteroatoms. The van der Waals surface area contributed by atoms with Crippen molar-refractivity contribution in [2.45, 2.75) is 45.2 Å². The number of hydrogen-bond acceptors (Lipinski definition) is 7. The molecular weight excluding hydrogens is 492 g/mol. The summed E-state index contributed by atoms with van der Waals surface area (Å²) in [6.07, 6.45) is 6.33. The number of rotatable bonds is 5. The number of aryl methyl sites for hydroxylation is 2. The van der Waals surface area contributed by atoms with E-state index in [9.17, 15) is 13.2 Å². The number of amides is 1. The Balaban J connectivity index is 1.51. The lowest BCUT2D eigenvalue weighted by Gasteiger charge is -2.27. The van der Waals surface area contributed by atoms with E-state index in [2.05, 4.69) is 14.7 Å². The summed E-state index contributed by atoms with van der Waals surface area (Å²) in [5.74, 6) is 1.53. The van der Waals surface area contributed by atoms with Gasteiger partial charge in [-0.05, 0) is 56.5 Å². The molecule has 2 unspecified atom stereocenters. The maximum absolute atomic E-state index is 13.0. The van der Waals surface area contributed by atoms with Crippen LogP contribution < -0.4 is 4.90 Å². The average Bonchev–Trinajstić information content (AvgIpc) is 3.64. The monoisotopic (exact) mass is 520 g/mol. The van der Waals surface area contributed by atoms with Gasteiger partial charge in [0.1, 0.15) is 11.6 Å². The van der Waals surface area contributed by atoms with Crippen molar-refractivity contribution in [2.75, 3.05) is 24.2 Å². The third-order valence-corrected chi connectivity index (χ3v) is 8.70. The number of nitrogens with zero attached hydrogens (tertiary/aromatic N) is 6.